The first-order valence-corrected chi connectivity index (χ1v) is 9.96. The van der Waals surface area contributed by atoms with Gasteiger partial charge in [0, 0.05) is 11.1 Å². The first-order chi connectivity index (χ1) is 15.6. The standard InChI is InChI=1S/C25H19N5O2/c1-32-22-13-17(8-11-21(22)31)19-9-10-20-25(28-19)30-23(14-27-20)29-24(26)18-7-6-15-4-2-3-5-16(15)12-18/h2-14,31H,1H3,(H2,26,28,29,30). The number of hydrogen-bond donors (Lipinski definition) is 3. The summed E-state index contributed by atoms with van der Waals surface area (Å²) in [6.07, 6.45) is 1.59. The maximum Gasteiger partial charge on any atom is 0.180 e. The van der Waals surface area contributed by atoms with Crippen LogP contribution in [0.2, 0.25) is 0 Å². The van der Waals surface area contributed by atoms with Crippen molar-refractivity contribution in [3.05, 3.63) is 84.6 Å². The second kappa shape index (κ2) is 7.96. The number of methoxy groups -OCH3 is 1. The molecular weight excluding hydrogens is 402 g/mol. The minimum absolute atomic E-state index is 0.0653. The van der Waals surface area contributed by atoms with Crippen molar-refractivity contribution in [3.63, 3.8) is 0 Å². The quantitative estimate of drug-likeness (QED) is 0.279. The summed E-state index contributed by atoms with van der Waals surface area (Å²) < 4.78 is 5.19. The molecule has 156 valence electrons. The molecule has 0 atom stereocenters. The molecular formula is C25H19N5O2. The first kappa shape index (κ1) is 19.4. The van der Waals surface area contributed by atoms with Gasteiger partial charge in [-0.2, -0.15) is 0 Å². The lowest BCUT2D eigenvalue weighted by atomic mass is 10.1. The fourth-order valence-electron chi connectivity index (χ4n) is 3.50. The summed E-state index contributed by atoms with van der Waals surface area (Å²) in [7, 11) is 1.50. The van der Waals surface area contributed by atoms with Crippen molar-refractivity contribution in [1.82, 2.24) is 15.0 Å². The Balaban J connectivity index is 1.45. The van der Waals surface area contributed by atoms with Gasteiger partial charge in [0.2, 0.25) is 0 Å². The zero-order chi connectivity index (χ0) is 22.1. The van der Waals surface area contributed by atoms with E-state index in [1.165, 1.54) is 7.11 Å². The van der Waals surface area contributed by atoms with Crippen molar-refractivity contribution in [3.8, 4) is 22.8 Å². The number of hydrogen-bond acceptors (Lipinski definition) is 6. The van der Waals surface area contributed by atoms with Gasteiger partial charge in [0.1, 0.15) is 11.4 Å². The Morgan fingerprint density at radius 2 is 1.78 bits per heavy atom. The number of aromatic hydroxyl groups is 1. The second-order valence-electron chi connectivity index (χ2n) is 7.24. The minimum Gasteiger partial charge on any atom is -0.504 e. The Bertz CT molecular complexity index is 1480. The van der Waals surface area contributed by atoms with E-state index in [1.807, 2.05) is 54.6 Å². The molecule has 2 aromatic heterocycles. The van der Waals surface area contributed by atoms with Crippen molar-refractivity contribution in [2.45, 2.75) is 0 Å². The molecule has 0 saturated carbocycles. The Kier molecular flexibility index (Phi) is 4.84. The summed E-state index contributed by atoms with van der Waals surface area (Å²) in [6, 6.07) is 22.6. The molecule has 0 amide bonds. The molecule has 0 bridgehead atoms. The zero-order valence-electron chi connectivity index (χ0n) is 17.2. The van der Waals surface area contributed by atoms with Gasteiger partial charge in [0.05, 0.1) is 19.0 Å². The molecule has 3 N–H and O–H groups in total. The van der Waals surface area contributed by atoms with Gasteiger partial charge in [0.15, 0.2) is 23.0 Å². The average molecular weight is 421 g/mol. The molecule has 7 heteroatoms. The van der Waals surface area contributed by atoms with Gasteiger partial charge in [-0.3, -0.25) is 5.41 Å². The van der Waals surface area contributed by atoms with Gasteiger partial charge in [-0.25, -0.2) is 15.0 Å². The fourth-order valence-corrected chi connectivity index (χ4v) is 3.50. The SMILES string of the molecule is COc1cc(-c2ccc3ncc(NC(=N)c4ccc5ccccc5c4)nc3n2)ccc1O. The van der Waals surface area contributed by atoms with Crippen LogP contribution in [-0.4, -0.2) is 33.0 Å². The van der Waals surface area contributed by atoms with Gasteiger partial charge < -0.3 is 15.2 Å². The number of anilines is 1. The van der Waals surface area contributed by atoms with Crippen LogP contribution in [0.25, 0.3) is 33.2 Å². The Labute approximate surface area is 183 Å². The lowest BCUT2D eigenvalue weighted by Gasteiger charge is -2.10. The fraction of sp³-hybridized carbons (Fsp3) is 0.0400. The highest BCUT2D eigenvalue weighted by Crippen LogP contribution is 2.31. The van der Waals surface area contributed by atoms with Gasteiger partial charge in [-0.1, -0.05) is 36.4 Å². The van der Waals surface area contributed by atoms with Crippen LogP contribution in [0.4, 0.5) is 5.82 Å². The van der Waals surface area contributed by atoms with E-state index in [2.05, 4.69) is 20.3 Å². The van der Waals surface area contributed by atoms with Crippen molar-refractivity contribution < 1.29 is 9.84 Å². The van der Waals surface area contributed by atoms with Crippen LogP contribution >= 0.6 is 0 Å². The van der Waals surface area contributed by atoms with E-state index in [0.717, 1.165) is 21.9 Å². The van der Waals surface area contributed by atoms with E-state index in [4.69, 9.17) is 10.1 Å². The Morgan fingerprint density at radius 3 is 2.62 bits per heavy atom. The van der Waals surface area contributed by atoms with Crippen LogP contribution in [-0.2, 0) is 0 Å². The molecule has 2 heterocycles. The minimum atomic E-state index is 0.0653. The zero-order valence-corrected chi connectivity index (χ0v) is 17.2. The molecule has 0 radical (unpaired) electrons. The number of nitrogens with zero attached hydrogens (tertiary/aromatic N) is 3. The number of phenols is 1. The molecule has 32 heavy (non-hydrogen) atoms. The van der Waals surface area contributed by atoms with Crippen molar-refractivity contribution in [2.75, 3.05) is 12.4 Å². The summed E-state index contributed by atoms with van der Waals surface area (Å²) >= 11 is 0. The molecule has 0 unspecified atom stereocenters. The normalized spacial score (nSPS) is 10.9. The highest BCUT2D eigenvalue weighted by Gasteiger charge is 2.10. The molecule has 0 aliphatic rings. The number of benzene rings is 3. The number of nitrogens with one attached hydrogen (secondary N) is 2. The lowest BCUT2D eigenvalue weighted by molar-refractivity contribution is 0.373. The molecule has 0 fully saturated rings. The molecule has 7 nitrogen and oxygen atoms in total. The number of pyridine rings is 1. The number of aromatic nitrogens is 3. The van der Waals surface area contributed by atoms with E-state index < -0.39 is 0 Å². The first-order valence-electron chi connectivity index (χ1n) is 9.96. The van der Waals surface area contributed by atoms with E-state index in [1.54, 1.807) is 24.4 Å². The predicted molar refractivity (Wildman–Crippen MR) is 125 cm³/mol. The molecule has 0 saturated heterocycles. The summed E-state index contributed by atoms with van der Waals surface area (Å²) in [5.41, 5.74) is 3.30. The molecule has 3 aromatic carbocycles. The van der Waals surface area contributed by atoms with Crippen molar-refractivity contribution in [2.24, 2.45) is 0 Å². The van der Waals surface area contributed by atoms with Crippen LogP contribution in [0.5, 0.6) is 11.5 Å². The van der Waals surface area contributed by atoms with Gasteiger partial charge >= 0.3 is 0 Å². The molecule has 5 rings (SSSR count). The van der Waals surface area contributed by atoms with Crippen molar-refractivity contribution in [1.29, 1.82) is 5.41 Å². The number of phenolic OH excluding ortho intramolecular Hbond substituents is 1. The molecule has 0 aliphatic heterocycles. The van der Waals surface area contributed by atoms with Crippen LogP contribution in [0.1, 0.15) is 5.56 Å². The topological polar surface area (TPSA) is 104 Å². The molecule has 5 aromatic rings. The third-order valence-corrected chi connectivity index (χ3v) is 5.17. The van der Waals surface area contributed by atoms with E-state index in [0.29, 0.717) is 28.4 Å². The largest absolute Gasteiger partial charge is 0.504 e. The van der Waals surface area contributed by atoms with Gasteiger partial charge in [-0.05, 0) is 47.2 Å². The Morgan fingerprint density at radius 1 is 0.938 bits per heavy atom. The summed E-state index contributed by atoms with van der Waals surface area (Å²) in [6.45, 7) is 0. The van der Waals surface area contributed by atoms with Crippen LogP contribution in [0.15, 0.2) is 79.0 Å². The van der Waals surface area contributed by atoms with Crippen molar-refractivity contribution >= 4 is 33.6 Å². The number of rotatable bonds is 4. The van der Waals surface area contributed by atoms with Gasteiger partial charge in [0.25, 0.3) is 0 Å². The number of ether oxygens (including phenoxy) is 1. The molecule has 0 aliphatic carbocycles. The Hall–Kier alpha value is -4.52. The smallest absolute Gasteiger partial charge is 0.180 e. The third-order valence-electron chi connectivity index (χ3n) is 5.17. The van der Waals surface area contributed by atoms with Gasteiger partial charge in [-0.15, -0.1) is 0 Å². The number of fused-ring (bicyclic) bond motifs is 2. The molecule has 0 spiro atoms. The van der Waals surface area contributed by atoms with E-state index in [9.17, 15) is 5.11 Å². The predicted octanol–water partition coefficient (Wildman–Crippen LogP) is 5.00. The monoisotopic (exact) mass is 421 g/mol. The summed E-state index contributed by atoms with van der Waals surface area (Å²) in [5, 5.41) is 23.5. The average Bonchev–Trinajstić information content (AvgIpc) is 2.83. The highest BCUT2D eigenvalue weighted by atomic mass is 16.5. The number of amidine groups is 1. The summed E-state index contributed by atoms with van der Waals surface area (Å²) in [4.78, 5) is 13.6. The maximum absolute atomic E-state index is 9.83. The second-order valence-corrected chi connectivity index (χ2v) is 7.24. The van der Waals surface area contributed by atoms with Crippen LogP contribution < -0.4 is 10.1 Å². The van der Waals surface area contributed by atoms with Crippen LogP contribution in [0, 0.1) is 5.41 Å². The van der Waals surface area contributed by atoms with E-state index in [-0.39, 0.29) is 11.6 Å². The van der Waals surface area contributed by atoms with Crippen LogP contribution in [0.3, 0.4) is 0 Å². The maximum atomic E-state index is 9.83. The third kappa shape index (κ3) is 3.67. The lowest BCUT2D eigenvalue weighted by Crippen LogP contribution is -2.13. The highest BCUT2D eigenvalue weighted by molar-refractivity contribution is 6.07. The summed E-state index contributed by atoms with van der Waals surface area (Å²) in [5.74, 6) is 1.10. The van der Waals surface area contributed by atoms with E-state index >= 15 is 0 Å².